The van der Waals surface area contributed by atoms with Gasteiger partial charge < -0.3 is 0 Å². The van der Waals surface area contributed by atoms with Gasteiger partial charge in [-0.3, -0.25) is 18.8 Å². The van der Waals surface area contributed by atoms with Crippen molar-refractivity contribution in [2.75, 3.05) is 24.6 Å². The van der Waals surface area contributed by atoms with Crippen LogP contribution in [0.3, 0.4) is 0 Å². The van der Waals surface area contributed by atoms with Crippen molar-refractivity contribution in [1.82, 2.24) is 19.7 Å². The van der Waals surface area contributed by atoms with Crippen molar-refractivity contribution in [3.63, 3.8) is 0 Å². The SMILES string of the molecule is CCn1cc([C@H]2C[S@@](=O)CCN2CCc2ccncc2)cn1. The molecule has 0 amide bonds. The van der Waals surface area contributed by atoms with Crippen LogP contribution >= 0.6 is 0 Å². The number of hydrogen-bond acceptors (Lipinski definition) is 4. The summed E-state index contributed by atoms with van der Waals surface area (Å²) in [6, 6.07) is 4.34. The second-order valence-electron chi connectivity index (χ2n) is 5.60. The number of rotatable bonds is 5. The fraction of sp³-hybridized carbons (Fsp3) is 0.500. The molecule has 1 fully saturated rings. The molecule has 0 bridgehead atoms. The Morgan fingerprint density at radius 3 is 2.91 bits per heavy atom. The van der Waals surface area contributed by atoms with Gasteiger partial charge in [-0.2, -0.15) is 5.10 Å². The van der Waals surface area contributed by atoms with E-state index in [1.165, 1.54) is 11.1 Å². The van der Waals surface area contributed by atoms with Crippen molar-refractivity contribution in [3.05, 3.63) is 48.0 Å². The molecule has 0 aromatic carbocycles. The van der Waals surface area contributed by atoms with E-state index in [2.05, 4.69) is 40.2 Å². The number of aromatic nitrogens is 3. The van der Waals surface area contributed by atoms with E-state index in [1.54, 1.807) is 0 Å². The molecule has 0 saturated carbocycles. The second kappa shape index (κ2) is 7.15. The largest absolute Gasteiger partial charge is 0.294 e. The van der Waals surface area contributed by atoms with Gasteiger partial charge in [0.2, 0.25) is 0 Å². The molecular weight excluding hydrogens is 296 g/mol. The third kappa shape index (κ3) is 3.62. The summed E-state index contributed by atoms with van der Waals surface area (Å²) < 4.78 is 13.9. The maximum atomic E-state index is 12.0. The summed E-state index contributed by atoms with van der Waals surface area (Å²) in [5.74, 6) is 1.49. The van der Waals surface area contributed by atoms with Crippen molar-refractivity contribution in [2.24, 2.45) is 0 Å². The van der Waals surface area contributed by atoms with Crippen LogP contribution in [0.2, 0.25) is 0 Å². The summed E-state index contributed by atoms with van der Waals surface area (Å²) >= 11 is 0. The van der Waals surface area contributed by atoms with Crippen LogP contribution in [0.4, 0.5) is 0 Å². The summed E-state index contributed by atoms with van der Waals surface area (Å²) in [5, 5.41) is 4.37. The third-order valence-corrected chi connectivity index (χ3v) is 5.52. The molecule has 22 heavy (non-hydrogen) atoms. The second-order valence-corrected chi connectivity index (χ2v) is 7.22. The molecule has 118 valence electrons. The molecule has 5 nitrogen and oxygen atoms in total. The topological polar surface area (TPSA) is 51.0 Å². The smallest absolute Gasteiger partial charge is 0.0538 e. The first-order valence-corrected chi connectivity index (χ1v) is 9.25. The van der Waals surface area contributed by atoms with E-state index in [9.17, 15) is 4.21 Å². The molecule has 2 atom stereocenters. The first-order chi connectivity index (χ1) is 10.8. The molecule has 2 aromatic heterocycles. The van der Waals surface area contributed by atoms with Crippen LogP contribution in [0.1, 0.15) is 24.1 Å². The lowest BCUT2D eigenvalue weighted by molar-refractivity contribution is 0.221. The highest BCUT2D eigenvalue weighted by atomic mass is 32.2. The number of nitrogens with zero attached hydrogens (tertiary/aromatic N) is 4. The van der Waals surface area contributed by atoms with Gasteiger partial charge in [0, 0.05) is 72.1 Å². The fourth-order valence-electron chi connectivity index (χ4n) is 2.86. The molecule has 1 saturated heterocycles. The summed E-state index contributed by atoms with van der Waals surface area (Å²) in [6.07, 6.45) is 8.68. The summed E-state index contributed by atoms with van der Waals surface area (Å²) in [6.45, 7) is 4.81. The van der Waals surface area contributed by atoms with Gasteiger partial charge in [-0.25, -0.2) is 0 Å². The van der Waals surface area contributed by atoms with Gasteiger partial charge in [-0.15, -0.1) is 0 Å². The Balaban J connectivity index is 1.71. The van der Waals surface area contributed by atoms with E-state index >= 15 is 0 Å². The predicted molar refractivity (Wildman–Crippen MR) is 88.0 cm³/mol. The Hall–Kier alpha value is -1.53. The van der Waals surface area contributed by atoms with Crippen LogP contribution in [-0.2, 0) is 23.8 Å². The maximum Gasteiger partial charge on any atom is 0.0538 e. The molecule has 2 aromatic rings. The van der Waals surface area contributed by atoms with Crippen molar-refractivity contribution in [1.29, 1.82) is 0 Å². The van der Waals surface area contributed by atoms with Gasteiger partial charge in [-0.05, 0) is 31.0 Å². The molecule has 0 aliphatic carbocycles. The van der Waals surface area contributed by atoms with E-state index in [1.807, 2.05) is 23.3 Å². The standard InChI is InChI=1S/C16H22N4OS/c1-2-20-12-15(11-18-20)16-13-22(21)10-9-19(16)8-5-14-3-6-17-7-4-14/h3-4,6-7,11-12,16H,2,5,8-10,13H2,1H3/t16-,22+/m1/s1. The Labute approximate surface area is 133 Å². The number of hydrogen-bond donors (Lipinski definition) is 0. The summed E-state index contributed by atoms with van der Waals surface area (Å²) in [7, 11) is -0.721. The molecule has 1 aliphatic heterocycles. The molecule has 6 heteroatoms. The molecule has 3 rings (SSSR count). The predicted octanol–water partition coefficient (Wildman–Crippen LogP) is 1.65. The highest BCUT2D eigenvalue weighted by Gasteiger charge is 2.28. The third-order valence-electron chi connectivity index (χ3n) is 4.19. The van der Waals surface area contributed by atoms with E-state index < -0.39 is 10.8 Å². The quantitative estimate of drug-likeness (QED) is 0.841. The molecule has 0 spiro atoms. The van der Waals surface area contributed by atoms with Crippen LogP contribution in [0, 0.1) is 0 Å². The zero-order chi connectivity index (χ0) is 15.4. The first-order valence-electron chi connectivity index (χ1n) is 7.76. The van der Waals surface area contributed by atoms with Crippen LogP contribution in [-0.4, -0.2) is 48.5 Å². The Morgan fingerprint density at radius 1 is 1.36 bits per heavy atom. The fourth-order valence-corrected chi connectivity index (χ4v) is 4.22. The number of aryl methyl sites for hydroxylation is 1. The van der Waals surface area contributed by atoms with Crippen molar-refractivity contribution in [2.45, 2.75) is 25.9 Å². The molecule has 1 aliphatic rings. The highest BCUT2D eigenvalue weighted by molar-refractivity contribution is 7.85. The Morgan fingerprint density at radius 2 is 2.18 bits per heavy atom. The van der Waals surface area contributed by atoms with Gasteiger partial charge in [0.1, 0.15) is 0 Å². The normalized spacial score (nSPS) is 22.8. The van der Waals surface area contributed by atoms with Gasteiger partial charge >= 0.3 is 0 Å². The average Bonchev–Trinajstić information content (AvgIpc) is 3.03. The Kier molecular flexibility index (Phi) is 5.00. The van der Waals surface area contributed by atoms with Gasteiger partial charge in [0.25, 0.3) is 0 Å². The van der Waals surface area contributed by atoms with Gasteiger partial charge in [-0.1, -0.05) is 0 Å². The maximum absolute atomic E-state index is 12.0. The van der Waals surface area contributed by atoms with Gasteiger partial charge in [0.05, 0.1) is 6.20 Å². The van der Waals surface area contributed by atoms with Crippen LogP contribution in [0.15, 0.2) is 36.9 Å². The molecule has 0 unspecified atom stereocenters. The zero-order valence-corrected chi connectivity index (χ0v) is 13.7. The van der Waals surface area contributed by atoms with Crippen LogP contribution in [0.25, 0.3) is 0 Å². The summed E-state index contributed by atoms with van der Waals surface area (Å²) in [5.41, 5.74) is 2.48. The minimum Gasteiger partial charge on any atom is -0.294 e. The average molecular weight is 318 g/mol. The minimum atomic E-state index is -0.721. The van der Waals surface area contributed by atoms with Crippen molar-refractivity contribution in [3.8, 4) is 0 Å². The van der Waals surface area contributed by atoms with E-state index in [0.29, 0.717) is 5.75 Å². The van der Waals surface area contributed by atoms with E-state index in [4.69, 9.17) is 0 Å². The minimum absolute atomic E-state index is 0.219. The van der Waals surface area contributed by atoms with Gasteiger partial charge in [0.15, 0.2) is 0 Å². The molecule has 0 N–H and O–H groups in total. The van der Waals surface area contributed by atoms with E-state index in [0.717, 1.165) is 31.8 Å². The van der Waals surface area contributed by atoms with Crippen LogP contribution in [0.5, 0.6) is 0 Å². The molecular formula is C16H22N4OS. The first kappa shape index (κ1) is 15.4. The highest BCUT2D eigenvalue weighted by Crippen LogP contribution is 2.25. The van der Waals surface area contributed by atoms with Crippen molar-refractivity contribution < 1.29 is 4.21 Å². The summed E-state index contributed by atoms with van der Waals surface area (Å²) in [4.78, 5) is 6.50. The lowest BCUT2D eigenvalue weighted by atomic mass is 10.1. The molecule has 0 radical (unpaired) electrons. The monoisotopic (exact) mass is 318 g/mol. The Bertz CT molecular complexity index is 628. The lowest BCUT2D eigenvalue weighted by Gasteiger charge is -2.34. The zero-order valence-electron chi connectivity index (χ0n) is 12.9. The lowest BCUT2D eigenvalue weighted by Crippen LogP contribution is -2.41. The number of pyridine rings is 1. The van der Waals surface area contributed by atoms with Crippen LogP contribution < -0.4 is 0 Å². The molecule has 3 heterocycles. The van der Waals surface area contributed by atoms with Crippen molar-refractivity contribution >= 4 is 10.8 Å². The van der Waals surface area contributed by atoms with E-state index in [-0.39, 0.29) is 6.04 Å².